The first-order valence-electron chi connectivity index (χ1n) is 13.0. The van der Waals surface area contributed by atoms with Crippen molar-refractivity contribution in [2.24, 2.45) is 5.41 Å². The van der Waals surface area contributed by atoms with Crippen LogP contribution in [0.2, 0.25) is 0 Å². The molecule has 0 aliphatic heterocycles. The highest BCUT2D eigenvalue weighted by atomic mass is 16.5. The fourth-order valence-electron chi connectivity index (χ4n) is 3.26. The summed E-state index contributed by atoms with van der Waals surface area (Å²) in [7, 11) is 0. The Kier molecular flexibility index (Phi) is 26.1. The fraction of sp³-hybridized carbons (Fsp3) is 0.962. The molecule has 0 aliphatic rings. The average molecular weight is 463 g/mol. The number of aliphatic hydroxyl groups excluding tert-OH is 4. The molecule has 0 amide bonds. The molecule has 0 fully saturated rings. The summed E-state index contributed by atoms with van der Waals surface area (Å²) in [5.41, 5.74) is -1.11. The zero-order chi connectivity index (χ0) is 24.5. The van der Waals surface area contributed by atoms with Crippen LogP contribution in [0, 0.1) is 5.41 Å². The number of ether oxygens (including phenoxy) is 1. The lowest BCUT2D eigenvalue weighted by atomic mass is 9.93. The largest absolute Gasteiger partial charge is 0.463 e. The van der Waals surface area contributed by atoms with Crippen LogP contribution in [0.4, 0.5) is 0 Å². The Morgan fingerprint density at radius 2 is 0.938 bits per heavy atom. The molecule has 0 aromatic rings. The predicted molar refractivity (Wildman–Crippen MR) is 132 cm³/mol. The molecular weight excluding hydrogens is 408 g/mol. The van der Waals surface area contributed by atoms with Crippen LogP contribution in [-0.2, 0) is 9.53 Å². The Hall–Kier alpha value is -0.690. The summed E-state index contributed by atoms with van der Waals surface area (Å²) in [6, 6.07) is 0. The van der Waals surface area contributed by atoms with Gasteiger partial charge in [0.2, 0.25) is 0 Å². The molecule has 32 heavy (non-hydrogen) atoms. The first-order chi connectivity index (χ1) is 15.4. The highest BCUT2D eigenvalue weighted by Gasteiger charge is 2.26. The predicted octanol–water partition coefficient (Wildman–Crippen LogP) is 5.14. The first kappa shape index (κ1) is 33.5. The molecule has 0 atom stereocenters. The van der Waals surface area contributed by atoms with Crippen LogP contribution in [0.1, 0.15) is 124 Å². The van der Waals surface area contributed by atoms with E-state index in [4.69, 9.17) is 25.2 Å². The minimum Gasteiger partial charge on any atom is -0.463 e. The molecule has 0 spiro atoms. The molecule has 0 saturated carbocycles. The average Bonchev–Trinajstić information content (AvgIpc) is 2.78. The summed E-state index contributed by atoms with van der Waals surface area (Å²) < 4.78 is 5.13. The topological polar surface area (TPSA) is 107 Å². The molecule has 0 radical (unpaired) electrons. The molecule has 194 valence electrons. The summed E-state index contributed by atoms with van der Waals surface area (Å²) in [6.07, 6.45) is 20.9. The summed E-state index contributed by atoms with van der Waals surface area (Å²) >= 11 is 0. The van der Waals surface area contributed by atoms with Crippen molar-refractivity contribution in [1.82, 2.24) is 0 Å². The van der Waals surface area contributed by atoms with E-state index >= 15 is 0 Å². The van der Waals surface area contributed by atoms with Crippen molar-refractivity contribution in [3.05, 3.63) is 0 Å². The number of aliphatic hydroxyl groups is 4. The van der Waals surface area contributed by atoms with Gasteiger partial charge in [0.15, 0.2) is 0 Å². The molecule has 0 bridgehead atoms. The molecular formula is C26H54O6. The van der Waals surface area contributed by atoms with Gasteiger partial charge in [0.05, 0.1) is 37.9 Å². The van der Waals surface area contributed by atoms with Gasteiger partial charge in [-0.25, -0.2) is 0 Å². The van der Waals surface area contributed by atoms with Crippen LogP contribution in [0.5, 0.6) is 0 Å². The summed E-state index contributed by atoms with van der Waals surface area (Å²) in [4.78, 5) is 11.4. The standard InChI is InChI=1S/C21H42O2.C5H12O4/c1-4-5-6-7-8-9-10-11-12-13-14-15-16-17-18-19-21(22)23-20(2)3;6-1-5(2-7,3-8)4-9/h20H,4-19H2,1-3H3;6-9H,1-4H2. The molecule has 4 N–H and O–H groups in total. The van der Waals surface area contributed by atoms with Gasteiger partial charge in [0, 0.05) is 6.42 Å². The van der Waals surface area contributed by atoms with E-state index in [0.29, 0.717) is 6.42 Å². The zero-order valence-corrected chi connectivity index (χ0v) is 21.3. The van der Waals surface area contributed by atoms with Gasteiger partial charge in [0.25, 0.3) is 0 Å². The van der Waals surface area contributed by atoms with Crippen LogP contribution >= 0.6 is 0 Å². The van der Waals surface area contributed by atoms with Crippen molar-refractivity contribution >= 4 is 5.97 Å². The van der Waals surface area contributed by atoms with Gasteiger partial charge in [-0.05, 0) is 20.3 Å². The Balaban J connectivity index is 0. The maximum atomic E-state index is 11.4. The van der Waals surface area contributed by atoms with E-state index in [9.17, 15) is 4.79 Å². The third-order valence-electron chi connectivity index (χ3n) is 5.69. The van der Waals surface area contributed by atoms with E-state index in [1.165, 1.54) is 89.9 Å². The molecule has 0 aromatic heterocycles. The highest BCUT2D eigenvalue weighted by molar-refractivity contribution is 5.69. The smallest absolute Gasteiger partial charge is 0.306 e. The van der Waals surface area contributed by atoms with Gasteiger partial charge in [-0.3, -0.25) is 4.79 Å². The Morgan fingerprint density at radius 3 is 1.19 bits per heavy atom. The minimum atomic E-state index is -1.11. The van der Waals surface area contributed by atoms with Gasteiger partial charge in [-0.15, -0.1) is 0 Å². The highest BCUT2D eigenvalue weighted by Crippen LogP contribution is 2.14. The lowest BCUT2D eigenvalue weighted by Gasteiger charge is -2.23. The first-order valence-corrected chi connectivity index (χ1v) is 13.0. The Morgan fingerprint density at radius 1 is 0.625 bits per heavy atom. The number of rotatable bonds is 21. The zero-order valence-electron chi connectivity index (χ0n) is 21.3. The van der Waals surface area contributed by atoms with Crippen LogP contribution in [0.3, 0.4) is 0 Å². The molecule has 6 heteroatoms. The maximum Gasteiger partial charge on any atom is 0.306 e. The minimum absolute atomic E-state index is 0.0267. The van der Waals surface area contributed by atoms with E-state index in [2.05, 4.69) is 6.92 Å². The van der Waals surface area contributed by atoms with E-state index < -0.39 is 31.8 Å². The molecule has 0 aromatic carbocycles. The second kappa shape index (κ2) is 24.9. The number of unbranched alkanes of at least 4 members (excludes halogenated alkanes) is 14. The van der Waals surface area contributed by atoms with Gasteiger partial charge in [-0.1, -0.05) is 96.8 Å². The van der Waals surface area contributed by atoms with E-state index in [1.807, 2.05) is 13.8 Å². The number of esters is 1. The van der Waals surface area contributed by atoms with Crippen molar-refractivity contribution in [2.45, 2.75) is 130 Å². The van der Waals surface area contributed by atoms with Crippen molar-refractivity contribution < 1.29 is 30.0 Å². The summed E-state index contributed by atoms with van der Waals surface area (Å²) in [5.74, 6) is -0.0327. The Bertz CT molecular complexity index is 365. The van der Waals surface area contributed by atoms with Gasteiger partial charge in [0.1, 0.15) is 0 Å². The van der Waals surface area contributed by atoms with Gasteiger partial charge in [-0.2, -0.15) is 0 Å². The quantitative estimate of drug-likeness (QED) is 0.139. The van der Waals surface area contributed by atoms with Gasteiger partial charge < -0.3 is 25.2 Å². The van der Waals surface area contributed by atoms with Crippen LogP contribution in [0.15, 0.2) is 0 Å². The van der Waals surface area contributed by atoms with Crippen molar-refractivity contribution in [2.75, 3.05) is 26.4 Å². The summed E-state index contributed by atoms with van der Waals surface area (Å²) in [6.45, 7) is 4.47. The summed E-state index contributed by atoms with van der Waals surface area (Å²) in [5, 5.41) is 34.0. The maximum absolute atomic E-state index is 11.4. The van der Waals surface area contributed by atoms with E-state index in [0.717, 1.165) is 6.42 Å². The van der Waals surface area contributed by atoms with Gasteiger partial charge >= 0.3 is 5.97 Å². The van der Waals surface area contributed by atoms with E-state index in [-0.39, 0.29) is 12.1 Å². The molecule has 0 aliphatic carbocycles. The monoisotopic (exact) mass is 462 g/mol. The van der Waals surface area contributed by atoms with Crippen LogP contribution in [0.25, 0.3) is 0 Å². The molecule has 0 unspecified atom stereocenters. The molecule has 6 nitrogen and oxygen atoms in total. The SMILES string of the molecule is CCCCCCCCCCCCCCCCCC(=O)OC(C)C.OCC(CO)(CO)CO. The van der Waals surface area contributed by atoms with Crippen molar-refractivity contribution in [3.63, 3.8) is 0 Å². The third-order valence-corrected chi connectivity index (χ3v) is 5.69. The number of carbonyl (C=O) groups excluding carboxylic acids is 1. The molecule has 0 heterocycles. The number of carbonyl (C=O) groups is 1. The lowest BCUT2D eigenvalue weighted by molar-refractivity contribution is -0.147. The third kappa shape index (κ3) is 22.5. The van der Waals surface area contributed by atoms with Crippen LogP contribution in [-0.4, -0.2) is 58.9 Å². The molecule has 0 rings (SSSR count). The molecule has 0 saturated heterocycles. The second-order valence-electron chi connectivity index (χ2n) is 9.37. The lowest BCUT2D eigenvalue weighted by Crippen LogP contribution is -2.37. The normalized spacial score (nSPS) is 11.4. The second-order valence-corrected chi connectivity index (χ2v) is 9.37. The van der Waals surface area contributed by atoms with Crippen molar-refractivity contribution in [3.8, 4) is 0 Å². The fourth-order valence-corrected chi connectivity index (χ4v) is 3.26. The van der Waals surface area contributed by atoms with E-state index in [1.54, 1.807) is 0 Å². The number of hydrogen-bond donors (Lipinski definition) is 4. The van der Waals surface area contributed by atoms with Crippen LogP contribution < -0.4 is 0 Å². The Labute approximate surface area is 197 Å². The van der Waals surface area contributed by atoms with Crippen molar-refractivity contribution in [1.29, 1.82) is 0 Å². The number of hydrogen-bond acceptors (Lipinski definition) is 6.